The van der Waals surface area contributed by atoms with Crippen molar-refractivity contribution in [1.82, 2.24) is 0 Å². The quantitative estimate of drug-likeness (QED) is 0.486. The molecule has 0 radical (unpaired) electrons. The minimum Gasteiger partial charge on any atom is -0.444 e. The molecule has 1 rings (SSSR count). The van der Waals surface area contributed by atoms with Gasteiger partial charge in [0.05, 0.1) is 5.92 Å². The van der Waals surface area contributed by atoms with Gasteiger partial charge in [0.2, 0.25) is 0 Å². The number of hydrogen-bond acceptors (Lipinski definition) is 4. The molecule has 0 amide bonds. The van der Waals surface area contributed by atoms with Crippen LogP contribution in [-0.4, -0.2) is 36.5 Å². The Hall–Kier alpha value is -0.970. The third-order valence-corrected chi connectivity index (χ3v) is 3.77. The largest absolute Gasteiger partial charge is 0.444 e. The average molecular weight is 326 g/mol. The fraction of sp³-hybridized carbons (Fsp3) is 0.889. The zero-order chi connectivity index (χ0) is 15.8. The summed E-state index contributed by atoms with van der Waals surface area (Å²) in [4.78, 5) is 11.3. The fourth-order valence-electron chi connectivity index (χ4n) is 1.84. The number of rotatable bonds is 4. The second-order valence-corrected chi connectivity index (χ2v) is 5.87. The van der Waals surface area contributed by atoms with Gasteiger partial charge in [-0.2, -0.15) is 30.4 Å². The molecule has 1 atom stereocenters. The van der Waals surface area contributed by atoms with Crippen molar-refractivity contribution in [3.8, 4) is 0 Å². The van der Waals surface area contributed by atoms with Crippen LogP contribution < -0.4 is 0 Å². The molecule has 20 heavy (non-hydrogen) atoms. The van der Waals surface area contributed by atoms with Crippen LogP contribution in [0.4, 0.5) is 22.0 Å². The molecule has 0 aromatic heterocycles. The SMILES string of the molecule is O=C(OC(C(F)(F)F)C(F)(F)S(=O)(=O)O)C1CCCC1. The Balaban J connectivity index is 3.00. The summed E-state index contributed by atoms with van der Waals surface area (Å²) in [7, 11) is -6.38. The monoisotopic (exact) mass is 326 g/mol. The lowest BCUT2D eigenvalue weighted by Crippen LogP contribution is -2.52. The van der Waals surface area contributed by atoms with E-state index in [2.05, 4.69) is 4.74 Å². The van der Waals surface area contributed by atoms with E-state index in [1.807, 2.05) is 0 Å². The van der Waals surface area contributed by atoms with Crippen LogP contribution in [0, 0.1) is 5.92 Å². The van der Waals surface area contributed by atoms with Gasteiger partial charge < -0.3 is 4.74 Å². The lowest BCUT2D eigenvalue weighted by Gasteiger charge is -2.27. The maximum absolute atomic E-state index is 13.1. The Labute approximate surface area is 110 Å². The molecule has 0 aromatic rings. The van der Waals surface area contributed by atoms with Crippen molar-refractivity contribution < 1.29 is 44.5 Å². The molecule has 1 unspecified atom stereocenters. The van der Waals surface area contributed by atoms with Crippen LogP contribution in [0.2, 0.25) is 0 Å². The second kappa shape index (κ2) is 5.43. The summed E-state index contributed by atoms with van der Waals surface area (Å²) < 4.78 is 96.1. The summed E-state index contributed by atoms with van der Waals surface area (Å²) in [6.07, 6.45) is -8.65. The molecule has 5 nitrogen and oxygen atoms in total. The van der Waals surface area contributed by atoms with Gasteiger partial charge in [-0.15, -0.1) is 0 Å². The Morgan fingerprint density at radius 2 is 1.60 bits per heavy atom. The highest BCUT2D eigenvalue weighted by Gasteiger charge is 2.66. The second-order valence-electron chi connectivity index (χ2n) is 4.38. The van der Waals surface area contributed by atoms with Crippen LogP contribution in [0.25, 0.3) is 0 Å². The summed E-state index contributed by atoms with van der Waals surface area (Å²) in [6, 6.07) is 0. The summed E-state index contributed by atoms with van der Waals surface area (Å²) in [5.41, 5.74) is 0. The van der Waals surface area contributed by atoms with E-state index in [9.17, 15) is 35.2 Å². The number of carbonyl (C=O) groups excluding carboxylic acids is 1. The lowest BCUT2D eigenvalue weighted by molar-refractivity contribution is -0.260. The van der Waals surface area contributed by atoms with Gasteiger partial charge in [0.25, 0.3) is 6.10 Å². The minimum absolute atomic E-state index is 0.181. The number of hydrogen-bond donors (Lipinski definition) is 1. The normalized spacial score (nSPS) is 19.9. The Morgan fingerprint density at radius 1 is 1.15 bits per heavy atom. The van der Waals surface area contributed by atoms with Crippen molar-refractivity contribution in [1.29, 1.82) is 0 Å². The van der Waals surface area contributed by atoms with Gasteiger partial charge in [0.1, 0.15) is 0 Å². The number of halogens is 5. The van der Waals surface area contributed by atoms with Crippen LogP contribution >= 0.6 is 0 Å². The highest BCUT2D eigenvalue weighted by atomic mass is 32.2. The molecule has 1 aliphatic rings. The van der Waals surface area contributed by atoms with Gasteiger partial charge >= 0.3 is 27.5 Å². The predicted molar refractivity (Wildman–Crippen MR) is 54.4 cm³/mol. The van der Waals surface area contributed by atoms with E-state index in [1.54, 1.807) is 0 Å². The highest BCUT2D eigenvalue weighted by molar-refractivity contribution is 7.86. The zero-order valence-corrected chi connectivity index (χ0v) is 10.7. The molecule has 118 valence electrons. The summed E-state index contributed by atoms with van der Waals surface area (Å²) >= 11 is 0. The van der Waals surface area contributed by atoms with Crippen molar-refractivity contribution in [3.05, 3.63) is 0 Å². The van der Waals surface area contributed by atoms with Gasteiger partial charge in [-0.25, -0.2) is 0 Å². The molecule has 1 aliphatic carbocycles. The van der Waals surface area contributed by atoms with E-state index >= 15 is 0 Å². The van der Waals surface area contributed by atoms with Crippen LogP contribution in [0.1, 0.15) is 25.7 Å². The summed E-state index contributed by atoms with van der Waals surface area (Å²) in [5, 5.41) is -5.67. The first-order chi connectivity index (χ1) is 8.87. The first-order valence-corrected chi connectivity index (χ1v) is 6.93. The Kier molecular flexibility index (Phi) is 4.64. The van der Waals surface area contributed by atoms with E-state index < -0.39 is 39.5 Å². The molecule has 1 saturated carbocycles. The van der Waals surface area contributed by atoms with Crippen molar-refractivity contribution in [2.45, 2.75) is 43.2 Å². The van der Waals surface area contributed by atoms with Crippen molar-refractivity contribution in [2.75, 3.05) is 0 Å². The van der Waals surface area contributed by atoms with Gasteiger partial charge in [-0.1, -0.05) is 12.8 Å². The number of alkyl halides is 5. The first-order valence-electron chi connectivity index (χ1n) is 5.49. The Morgan fingerprint density at radius 3 is 1.95 bits per heavy atom. The van der Waals surface area contributed by atoms with Crippen molar-refractivity contribution in [3.63, 3.8) is 0 Å². The lowest BCUT2D eigenvalue weighted by atomic mass is 10.1. The van der Waals surface area contributed by atoms with E-state index in [4.69, 9.17) is 4.55 Å². The van der Waals surface area contributed by atoms with E-state index in [1.165, 1.54) is 0 Å². The average Bonchev–Trinajstić information content (AvgIpc) is 2.75. The van der Waals surface area contributed by atoms with Gasteiger partial charge in [0.15, 0.2) is 0 Å². The van der Waals surface area contributed by atoms with Crippen LogP contribution in [-0.2, 0) is 19.6 Å². The molecule has 0 saturated heterocycles. The topological polar surface area (TPSA) is 80.7 Å². The predicted octanol–water partition coefficient (Wildman–Crippen LogP) is 2.13. The molecular weight excluding hydrogens is 315 g/mol. The number of ether oxygens (including phenoxy) is 1. The fourth-order valence-corrected chi connectivity index (χ4v) is 2.29. The summed E-state index contributed by atoms with van der Waals surface area (Å²) in [5.74, 6) is -2.52. The van der Waals surface area contributed by atoms with Crippen molar-refractivity contribution in [2.24, 2.45) is 5.92 Å². The molecule has 1 N–H and O–H groups in total. The van der Waals surface area contributed by atoms with E-state index in [-0.39, 0.29) is 12.8 Å². The number of esters is 1. The molecule has 0 aromatic carbocycles. The van der Waals surface area contributed by atoms with Crippen molar-refractivity contribution >= 4 is 16.1 Å². The summed E-state index contributed by atoms with van der Waals surface area (Å²) in [6.45, 7) is 0. The third kappa shape index (κ3) is 3.57. The van der Waals surface area contributed by atoms with Crippen LogP contribution in [0.5, 0.6) is 0 Å². The zero-order valence-electron chi connectivity index (χ0n) is 9.86. The van der Waals surface area contributed by atoms with Crippen LogP contribution in [0.3, 0.4) is 0 Å². The van der Waals surface area contributed by atoms with Gasteiger partial charge in [-0.05, 0) is 12.8 Å². The molecule has 0 spiro atoms. The molecule has 0 heterocycles. The minimum atomic E-state index is -6.38. The number of carbonyl (C=O) groups is 1. The van der Waals surface area contributed by atoms with Crippen LogP contribution in [0.15, 0.2) is 0 Å². The molecular formula is C9H11F5O5S. The van der Waals surface area contributed by atoms with E-state index in [0.717, 1.165) is 0 Å². The van der Waals surface area contributed by atoms with Gasteiger partial charge in [0, 0.05) is 0 Å². The third-order valence-electron chi connectivity index (χ3n) is 2.87. The first kappa shape index (κ1) is 17.1. The maximum Gasteiger partial charge on any atom is 0.432 e. The molecule has 0 aliphatic heterocycles. The molecule has 0 bridgehead atoms. The van der Waals surface area contributed by atoms with Gasteiger partial charge in [-0.3, -0.25) is 9.35 Å². The smallest absolute Gasteiger partial charge is 0.432 e. The Bertz CT molecular complexity index is 466. The maximum atomic E-state index is 13.1. The van der Waals surface area contributed by atoms with E-state index in [0.29, 0.717) is 12.8 Å². The highest BCUT2D eigenvalue weighted by Crippen LogP contribution is 2.39. The standard InChI is InChI=1S/C9H11F5O5S/c10-8(11,12)7(9(13,14)20(16,17)18)19-6(15)5-3-1-2-4-5/h5,7H,1-4H2,(H,16,17,18). The molecule has 11 heteroatoms. The molecule has 1 fully saturated rings.